The number of ether oxygens (including phenoxy) is 1. The van der Waals surface area contributed by atoms with Crippen LogP contribution in [0.1, 0.15) is 55.1 Å². The van der Waals surface area contributed by atoms with Crippen LogP contribution in [0.2, 0.25) is 1.41 Å². The molecule has 0 aromatic heterocycles. The maximum absolute atomic E-state index is 13.6. The first kappa shape index (κ1) is 9.51. The highest BCUT2D eigenvalue weighted by Crippen LogP contribution is 2.37. The Bertz CT molecular complexity index is 1040. The van der Waals surface area contributed by atoms with Gasteiger partial charge in [0.15, 0.2) is 1.41 Å². The monoisotopic (exact) mass is 349 g/mol. The van der Waals surface area contributed by atoms with Gasteiger partial charge in [-0.25, -0.2) is 0 Å². The van der Waals surface area contributed by atoms with Crippen LogP contribution >= 0.6 is 0 Å². The van der Waals surface area contributed by atoms with Crippen LogP contribution in [0.3, 0.4) is 0 Å². The number of nitrogens with zero attached hydrogens (tertiary/aromatic N) is 1. The van der Waals surface area contributed by atoms with Crippen molar-refractivity contribution in [3.8, 4) is 5.75 Å². The Balaban J connectivity index is 1.84. The minimum atomic E-state index is -2.70. The van der Waals surface area contributed by atoms with Gasteiger partial charge < -0.3 is 20.3 Å². The standard InChI is InChI=1S/C20H27N3O2/c1-13-12-14(2)23-10-8-15(18(23)21-13)19(24)22-20(3)9-11-25-17-7-5-4-6-16(17)20/h4-7,13-14,21H,8-12H2,1-3H3,(H,22,24)/i8D,10D2,12D2,13D,14D/hD. The minimum absolute atomic E-state index is 0.331. The van der Waals surface area contributed by atoms with Gasteiger partial charge in [-0.3, -0.25) is 4.79 Å². The number of carbonyl (C=O) groups is 1. The van der Waals surface area contributed by atoms with Gasteiger partial charge in [-0.15, -0.1) is 0 Å². The zero-order chi connectivity index (χ0) is 24.8. The van der Waals surface area contributed by atoms with Crippen LogP contribution < -0.4 is 15.4 Å². The van der Waals surface area contributed by atoms with E-state index in [-0.39, 0.29) is 0 Å². The zero-order valence-electron chi connectivity index (χ0n) is 22.5. The van der Waals surface area contributed by atoms with Crippen LogP contribution in [0, 0.1) is 0 Å². The summed E-state index contributed by atoms with van der Waals surface area (Å²) >= 11 is 0. The molecule has 4 atom stereocenters. The van der Waals surface area contributed by atoms with E-state index < -0.39 is 54.1 Å². The molecule has 5 heteroatoms. The molecule has 25 heavy (non-hydrogen) atoms. The summed E-state index contributed by atoms with van der Waals surface area (Å²) in [6.07, 6.45) is -4.11. The molecule has 0 aliphatic carbocycles. The van der Waals surface area contributed by atoms with Crippen molar-refractivity contribution in [2.24, 2.45) is 0 Å². The summed E-state index contributed by atoms with van der Waals surface area (Å²) in [7, 11) is 0. The third kappa shape index (κ3) is 2.75. The largest absolute Gasteiger partial charge is 0.493 e. The summed E-state index contributed by atoms with van der Waals surface area (Å²) in [6, 6.07) is 2.49. The molecular formula is C20H27N3O2. The number of hydrogen-bond acceptors (Lipinski definition) is 4. The Morgan fingerprint density at radius 1 is 1.52 bits per heavy atom. The predicted molar refractivity (Wildman–Crippen MR) is 97.1 cm³/mol. The molecule has 0 saturated carbocycles. The fraction of sp³-hybridized carbons (Fsp3) is 0.550. The Labute approximate surface area is 160 Å². The molecule has 2 N–H and O–H groups in total. The van der Waals surface area contributed by atoms with Crippen LogP contribution in [0.5, 0.6) is 5.75 Å². The lowest BCUT2D eigenvalue weighted by Gasteiger charge is -2.39. The molecule has 4 unspecified atom stereocenters. The Morgan fingerprint density at radius 2 is 2.32 bits per heavy atom. The molecule has 1 aromatic rings. The molecule has 1 saturated heterocycles. The van der Waals surface area contributed by atoms with E-state index in [1.807, 2.05) is 0 Å². The first-order valence-electron chi connectivity index (χ1n) is 12.3. The molecule has 1 fully saturated rings. The van der Waals surface area contributed by atoms with E-state index in [0.717, 1.165) is 13.8 Å². The maximum Gasteiger partial charge on any atom is 0.251 e. The van der Waals surface area contributed by atoms with Crippen LogP contribution in [0.4, 0.5) is 0 Å². The lowest BCUT2D eigenvalue weighted by molar-refractivity contribution is -0.119. The molecule has 3 aliphatic rings. The highest BCUT2D eigenvalue weighted by atomic mass is 16.5. The smallest absolute Gasteiger partial charge is 0.251 e. The number of carbonyl (C=O) groups excluding carboxylic acids is 1. The fourth-order valence-electron chi connectivity index (χ4n) is 3.41. The van der Waals surface area contributed by atoms with Crippen molar-refractivity contribution in [2.75, 3.05) is 13.1 Å². The molecule has 3 heterocycles. The lowest BCUT2D eigenvalue weighted by Crippen LogP contribution is -2.49. The molecule has 0 bridgehead atoms. The molecule has 134 valence electrons. The van der Waals surface area contributed by atoms with E-state index in [1.165, 1.54) is 0 Å². The predicted octanol–water partition coefficient (Wildman–Crippen LogP) is 2.49. The molecule has 1 amide bonds. The molecular weight excluding hydrogens is 314 g/mol. The first-order valence-corrected chi connectivity index (χ1v) is 8.32. The average Bonchev–Trinajstić information content (AvgIpc) is 2.93. The van der Waals surface area contributed by atoms with Gasteiger partial charge in [0.25, 0.3) is 5.91 Å². The molecule has 0 radical (unpaired) electrons. The zero-order valence-corrected chi connectivity index (χ0v) is 14.5. The van der Waals surface area contributed by atoms with Gasteiger partial charge in [-0.05, 0) is 39.6 Å². The summed E-state index contributed by atoms with van der Waals surface area (Å²) in [5, 5.41) is 3.30. The van der Waals surface area contributed by atoms with Gasteiger partial charge in [0.2, 0.25) is 0 Å². The number of amides is 1. The minimum Gasteiger partial charge on any atom is -0.493 e. The second-order valence-corrected chi connectivity index (χ2v) is 6.63. The van der Waals surface area contributed by atoms with Gasteiger partial charge in [-0.2, -0.15) is 0 Å². The third-order valence-corrected chi connectivity index (χ3v) is 4.74. The second kappa shape index (κ2) is 5.97. The summed E-state index contributed by atoms with van der Waals surface area (Å²) < 4.78 is 73.6. The molecule has 1 aromatic carbocycles. The second-order valence-electron chi connectivity index (χ2n) is 6.63. The number of hydrogen-bond donors (Lipinski definition) is 2. The quantitative estimate of drug-likeness (QED) is 0.861. The molecule has 5 nitrogen and oxygen atoms in total. The van der Waals surface area contributed by atoms with Crippen molar-refractivity contribution in [1.82, 2.24) is 15.5 Å². The number of nitrogens with one attached hydrogen (secondary N) is 2. The topological polar surface area (TPSA) is 53.6 Å². The van der Waals surface area contributed by atoms with Crippen molar-refractivity contribution in [3.63, 3.8) is 0 Å². The van der Waals surface area contributed by atoms with E-state index >= 15 is 0 Å². The summed E-state index contributed by atoms with van der Waals surface area (Å²) in [5.41, 5.74) is -0.593. The fourth-order valence-corrected chi connectivity index (χ4v) is 3.41. The Morgan fingerprint density at radius 3 is 3.16 bits per heavy atom. The average molecular weight is 350 g/mol. The molecule has 0 spiro atoms. The number of para-hydroxylation sites is 1. The molecule has 4 rings (SSSR count). The number of benzene rings is 1. The van der Waals surface area contributed by atoms with Gasteiger partial charge in [0.05, 0.1) is 20.5 Å². The van der Waals surface area contributed by atoms with Crippen LogP contribution in [-0.4, -0.2) is 35.9 Å². The number of fused-ring (bicyclic) bond motifs is 2. The van der Waals surface area contributed by atoms with E-state index in [4.69, 9.17) is 15.7 Å². The van der Waals surface area contributed by atoms with Crippen molar-refractivity contribution in [1.29, 1.82) is 0 Å². The van der Waals surface area contributed by atoms with Crippen LogP contribution in [0.25, 0.3) is 0 Å². The maximum atomic E-state index is 13.6. The van der Waals surface area contributed by atoms with E-state index in [0.29, 0.717) is 34.6 Å². The summed E-state index contributed by atoms with van der Waals surface area (Å²) in [6.45, 7) is 1.68. The molecule has 3 aliphatic heterocycles. The highest BCUT2D eigenvalue weighted by Gasteiger charge is 2.39. The lowest BCUT2D eigenvalue weighted by atomic mass is 9.86. The summed E-state index contributed by atoms with van der Waals surface area (Å²) in [5.74, 6) is -0.645. The van der Waals surface area contributed by atoms with Crippen molar-refractivity contribution < 1.29 is 20.5 Å². The van der Waals surface area contributed by atoms with Crippen LogP contribution in [-0.2, 0) is 10.3 Å². The third-order valence-electron chi connectivity index (χ3n) is 4.74. The van der Waals surface area contributed by atoms with Gasteiger partial charge in [0.1, 0.15) is 11.6 Å². The number of rotatable bonds is 2. The van der Waals surface area contributed by atoms with E-state index in [1.54, 1.807) is 31.2 Å². The van der Waals surface area contributed by atoms with Crippen molar-refractivity contribution in [2.45, 2.75) is 57.5 Å². The van der Waals surface area contributed by atoms with Gasteiger partial charge >= 0.3 is 0 Å². The Kier molecular flexibility index (Phi) is 2.27. The first-order chi connectivity index (χ1) is 15.0. The normalized spacial score (nSPS) is 48.8. The van der Waals surface area contributed by atoms with Crippen molar-refractivity contribution in [3.05, 3.63) is 41.2 Å². The van der Waals surface area contributed by atoms with E-state index in [2.05, 4.69) is 5.32 Å². The summed E-state index contributed by atoms with van der Waals surface area (Å²) in [4.78, 5) is 14.2. The van der Waals surface area contributed by atoms with Crippen LogP contribution in [0.15, 0.2) is 35.7 Å². The van der Waals surface area contributed by atoms with Gasteiger partial charge in [0, 0.05) is 37.4 Å². The van der Waals surface area contributed by atoms with E-state index in [9.17, 15) is 4.79 Å². The highest BCUT2D eigenvalue weighted by molar-refractivity contribution is 5.95. The van der Waals surface area contributed by atoms with Gasteiger partial charge in [-0.1, -0.05) is 18.2 Å². The Hall–Kier alpha value is -2.17. The van der Waals surface area contributed by atoms with Crippen molar-refractivity contribution >= 4 is 5.91 Å². The SMILES string of the molecule is [2H]C1C(C(=O)NC2(C)CCOc3ccccc32)=C2N([2H])C([2H])(C)C([2H])([2H])C([2H])(C)N2C1([2H])[2H].